The zero-order chi connectivity index (χ0) is 20.2. The number of hydrogen-bond acceptors (Lipinski definition) is 4. The molecule has 2 heterocycles. The second-order valence-electron chi connectivity index (χ2n) is 8.25. The van der Waals surface area contributed by atoms with Crippen LogP contribution in [0.4, 0.5) is 0 Å². The molecule has 0 radical (unpaired) electrons. The Bertz CT molecular complexity index is 1040. The third-order valence-electron chi connectivity index (χ3n) is 6.39. The Morgan fingerprint density at radius 3 is 2.24 bits per heavy atom. The molecule has 2 aromatic rings. The molecule has 6 nitrogen and oxygen atoms in total. The quantitative estimate of drug-likeness (QED) is 0.757. The van der Waals surface area contributed by atoms with Gasteiger partial charge < -0.3 is 9.64 Å². The van der Waals surface area contributed by atoms with Gasteiger partial charge in [0.05, 0.1) is 25.3 Å². The van der Waals surface area contributed by atoms with Gasteiger partial charge in [-0.1, -0.05) is 48.5 Å². The van der Waals surface area contributed by atoms with Crippen molar-refractivity contribution < 1.29 is 17.9 Å². The van der Waals surface area contributed by atoms with Crippen molar-refractivity contribution in [2.75, 3.05) is 39.0 Å². The van der Waals surface area contributed by atoms with E-state index in [0.717, 1.165) is 22.3 Å². The molecule has 29 heavy (non-hydrogen) atoms. The third-order valence-corrected chi connectivity index (χ3v) is 7.64. The predicted molar refractivity (Wildman–Crippen MR) is 110 cm³/mol. The first-order valence-corrected chi connectivity index (χ1v) is 11.8. The molecule has 1 aliphatic carbocycles. The highest BCUT2D eigenvalue weighted by Gasteiger charge is 2.48. The lowest BCUT2D eigenvalue weighted by Crippen LogP contribution is -2.55. The van der Waals surface area contributed by atoms with Crippen LogP contribution in [0.3, 0.4) is 0 Å². The number of nitrogens with zero attached hydrogens (tertiary/aromatic N) is 2. The van der Waals surface area contributed by atoms with Gasteiger partial charge in [0.25, 0.3) is 0 Å². The van der Waals surface area contributed by atoms with Crippen LogP contribution < -0.4 is 0 Å². The standard InChI is InChI=1S/C22H24N2O4S/c1-29(26,27)24-12-13-28-22(15-24)10-11-23(14-22)21(25)20-18-8-4-2-6-16(18)17-7-3-5-9-19(17)20/h2-9,20H,10-15H2,1H3. The molecular formula is C22H24N2O4S. The van der Waals surface area contributed by atoms with Gasteiger partial charge >= 0.3 is 0 Å². The van der Waals surface area contributed by atoms with Gasteiger partial charge in [-0.3, -0.25) is 4.79 Å². The molecule has 0 N–H and O–H groups in total. The van der Waals surface area contributed by atoms with E-state index in [2.05, 4.69) is 12.1 Å². The molecule has 3 aliphatic rings. The maximum atomic E-state index is 13.6. The molecule has 7 heteroatoms. The van der Waals surface area contributed by atoms with Gasteiger partial charge in [0.15, 0.2) is 0 Å². The van der Waals surface area contributed by atoms with Crippen LogP contribution in [-0.4, -0.2) is 68.2 Å². The van der Waals surface area contributed by atoms with E-state index in [0.29, 0.717) is 39.2 Å². The van der Waals surface area contributed by atoms with Crippen molar-refractivity contribution in [2.45, 2.75) is 17.9 Å². The topological polar surface area (TPSA) is 66.9 Å². The summed E-state index contributed by atoms with van der Waals surface area (Å²) >= 11 is 0. The molecule has 2 fully saturated rings. The van der Waals surface area contributed by atoms with E-state index in [9.17, 15) is 13.2 Å². The van der Waals surface area contributed by atoms with Crippen LogP contribution >= 0.6 is 0 Å². The summed E-state index contributed by atoms with van der Waals surface area (Å²) in [5, 5.41) is 0. The van der Waals surface area contributed by atoms with E-state index in [-0.39, 0.29) is 11.8 Å². The summed E-state index contributed by atoms with van der Waals surface area (Å²) in [7, 11) is -3.27. The van der Waals surface area contributed by atoms with Crippen LogP contribution in [0.2, 0.25) is 0 Å². The molecular weight excluding hydrogens is 388 g/mol. The molecule has 0 saturated carbocycles. The van der Waals surface area contributed by atoms with Crippen molar-refractivity contribution >= 4 is 15.9 Å². The Kier molecular flexibility index (Phi) is 4.31. The third kappa shape index (κ3) is 3.08. The number of likely N-dealkylation sites (tertiary alicyclic amines) is 1. The zero-order valence-electron chi connectivity index (χ0n) is 16.4. The number of amides is 1. The lowest BCUT2D eigenvalue weighted by atomic mass is 9.95. The molecule has 5 rings (SSSR count). The molecule has 0 bridgehead atoms. The van der Waals surface area contributed by atoms with E-state index in [1.54, 1.807) is 0 Å². The first-order chi connectivity index (χ1) is 13.9. The molecule has 1 amide bonds. The minimum atomic E-state index is -3.27. The van der Waals surface area contributed by atoms with Gasteiger partial charge in [0, 0.05) is 19.6 Å². The fraction of sp³-hybridized carbons (Fsp3) is 0.409. The molecule has 1 spiro atoms. The van der Waals surface area contributed by atoms with E-state index < -0.39 is 15.6 Å². The largest absolute Gasteiger partial charge is 0.370 e. The number of hydrogen-bond donors (Lipinski definition) is 0. The molecule has 1 atom stereocenters. The highest BCUT2D eigenvalue weighted by Crippen LogP contribution is 2.46. The molecule has 1 unspecified atom stereocenters. The minimum absolute atomic E-state index is 0.0688. The van der Waals surface area contributed by atoms with Crippen molar-refractivity contribution in [3.05, 3.63) is 59.7 Å². The number of rotatable bonds is 2. The summed E-state index contributed by atoms with van der Waals surface area (Å²) in [5.74, 6) is -0.244. The highest BCUT2D eigenvalue weighted by molar-refractivity contribution is 7.88. The van der Waals surface area contributed by atoms with E-state index in [4.69, 9.17) is 4.74 Å². The average molecular weight is 413 g/mol. The summed E-state index contributed by atoms with van der Waals surface area (Å²) in [5.41, 5.74) is 3.72. The first kappa shape index (κ1) is 18.8. The number of fused-ring (bicyclic) bond motifs is 3. The second-order valence-corrected chi connectivity index (χ2v) is 10.2. The fourth-order valence-electron chi connectivity index (χ4n) is 4.98. The van der Waals surface area contributed by atoms with Crippen molar-refractivity contribution in [2.24, 2.45) is 0 Å². The smallest absolute Gasteiger partial charge is 0.234 e. The maximum Gasteiger partial charge on any atom is 0.234 e. The molecule has 2 saturated heterocycles. The second kappa shape index (κ2) is 6.65. The zero-order valence-corrected chi connectivity index (χ0v) is 17.2. The number of benzene rings is 2. The van der Waals surface area contributed by atoms with Gasteiger partial charge in [-0.15, -0.1) is 0 Å². The van der Waals surface area contributed by atoms with E-state index in [1.807, 2.05) is 41.3 Å². The van der Waals surface area contributed by atoms with Crippen molar-refractivity contribution in [1.82, 2.24) is 9.21 Å². The molecule has 0 aromatic heterocycles. The number of morpholine rings is 1. The summed E-state index contributed by atoms with van der Waals surface area (Å²) in [4.78, 5) is 15.5. The minimum Gasteiger partial charge on any atom is -0.370 e. The number of sulfonamides is 1. The van der Waals surface area contributed by atoms with Crippen molar-refractivity contribution in [3.63, 3.8) is 0 Å². The molecule has 152 valence electrons. The fourth-order valence-corrected chi connectivity index (χ4v) is 5.85. The lowest BCUT2D eigenvalue weighted by Gasteiger charge is -2.39. The Hall–Kier alpha value is -2.22. The number of ether oxygens (including phenoxy) is 1. The van der Waals surface area contributed by atoms with Gasteiger partial charge in [-0.05, 0) is 28.7 Å². The van der Waals surface area contributed by atoms with Crippen molar-refractivity contribution in [3.8, 4) is 11.1 Å². The van der Waals surface area contributed by atoms with Crippen molar-refractivity contribution in [1.29, 1.82) is 0 Å². The lowest BCUT2D eigenvalue weighted by molar-refractivity contribution is -0.133. The summed E-state index contributed by atoms with van der Waals surface area (Å²) < 4.78 is 31.5. The van der Waals surface area contributed by atoms with Gasteiger partial charge in [-0.25, -0.2) is 8.42 Å². The maximum absolute atomic E-state index is 13.6. The van der Waals surface area contributed by atoms with E-state index in [1.165, 1.54) is 10.6 Å². The van der Waals surface area contributed by atoms with E-state index >= 15 is 0 Å². The Labute approximate surface area is 171 Å². The number of carbonyl (C=O) groups is 1. The average Bonchev–Trinajstić information content (AvgIpc) is 3.26. The van der Waals surface area contributed by atoms with Crippen LogP contribution in [0.25, 0.3) is 11.1 Å². The Morgan fingerprint density at radius 1 is 1.00 bits per heavy atom. The Morgan fingerprint density at radius 2 is 1.62 bits per heavy atom. The SMILES string of the molecule is CS(=O)(=O)N1CCOC2(CCN(C(=O)C3c4ccccc4-c4ccccc43)C2)C1. The normalized spacial score (nSPS) is 24.7. The Balaban J connectivity index is 1.43. The van der Waals surface area contributed by atoms with Crippen LogP contribution in [0, 0.1) is 0 Å². The number of carbonyl (C=O) groups excluding carboxylic acids is 1. The van der Waals surface area contributed by atoms with Gasteiger partial charge in [-0.2, -0.15) is 4.31 Å². The predicted octanol–water partition coefficient (Wildman–Crippen LogP) is 2.06. The first-order valence-electron chi connectivity index (χ1n) is 9.94. The van der Waals surface area contributed by atoms with Crippen LogP contribution in [0.15, 0.2) is 48.5 Å². The van der Waals surface area contributed by atoms with Crippen LogP contribution in [0.1, 0.15) is 23.5 Å². The van der Waals surface area contributed by atoms with Gasteiger partial charge in [0.1, 0.15) is 5.60 Å². The summed E-state index contributed by atoms with van der Waals surface area (Å²) in [6.07, 6.45) is 1.89. The highest BCUT2D eigenvalue weighted by atomic mass is 32.2. The van der Waals surface area contributed by atoms with Crippen LogP contribution in [-0.2, 0) is 19.6 Å². The molecule has 2 aromatic carbocycles. The summed E-state index contributed by atoms with van der Waals surface area (Å²) in [6, 6.07) is 16.2. The van der Waals surface area contributed by atoms with Gasteiger partial charge in [0.2, 0.25) is 15.9 Å². The monoisotopic (exact) mass is 412 g/mol. The molecule has 2 aliphatic heterocycles. The van der Waals surface area contributed by atoms with Crippen LogP contribution in [0.5, 0.6) is 0 Å². The summed E-state index contributed by atoms with van der Waals surface area (Å²) in [6.45, 7) is 2.06.